The van der Waals surface area contributed by atoms with E-state index in [1.54, 1.807) is 39.0 Å². The number of hydrogen-bond acceptors (Lipinski definition) is 7. The molecule has 1 aliphatic carbocycles. The monoisotopic (exact) mass is 586 g/mol. The zero-order valence-electron chi connectivity index (χ0n) is 24.1. The number of aryl methyl sites for hydroxylation is 1. The number of rotatable bonds is 10. The van der Waals surface area contributed by atoms with E-state index in [-0.39, 0.29) is 48.3 Å². The van der Waals surface area contributed by atoms with Gasteiger partial charge in [0.25, 0.3) is 0 Å². The Morgan fingerprint density at radius 1 is 1.18 bits per heavy atom. The molecule has 2 saturated heterocycles. The molecule has 1 aromatic rings. The second-order valence-corrected chi connectivity index (χ2v) is 14.2. The van der Waals surface area contributed by atoms with E-state index >= 15 is 0 Å². The second-order valence-electron chi connectivity index (χ2n) is 12.3. The maximum atomic E-state index is 13.9. The number of halogens is 2. The quantitative estimate of drug-likeness (QED) is 0.306. The molecule has 226 valence electrons. The number of hydrogen-bond donors (Lipinski definition) is 1. The molecule has 3 atom stereocenters. The summed E-state index contributed by atoms with van der Waals surface area (Å²) in [7, 11) is -4.03. The predicted octanol–water partition coefficient (Wildman–Crippen LogP) is 4.97. The Hall–Kier alpha value is -1.82. The fourth-order valence-corrected chi connectivity index (χ4v) is 7.48. The van der Waals surface area contributed by atoms with Crippen molar-refractivity contribution in [3.63, 3.8) is 0 Å². The third-order valence-electron chi connectivity index (χ3n) is 7.81. The first-order chi connectivity index (χ1) is 18.7. The Bertz CT molecular complexity index is 1130. The highest BCUT2D eigenvalue weighted by Gasteiger charge is 2.43. The molecule has 8 nitrogen and oxygen atoms in total. The number of carbonyl (C=O) groups excluding carboxylic acids is 1. The van der Waals surface area contributed by atoms with Crippen LogP contribution in [0.1, 0.15) is 84.1 Å². The molecule has 2 heterocycles. The molecular formula is C29H44F2N2O6S. The van der Waals surface area contributed by atoms with Crippen LogP contribution in [0.2, 0.25) is 0 Å². The molecular weight excluding hydrogens is 542 g/mol. The summed E-state index contributed by atoms with van der Waals surface area (Å²) in [4.78, 5) is 12.9. The van der Waals surface area contributed by atoms with Crippen LogP contribution in [-0.4, -0.2) is 74.2 Å². The van der Waals surface area contributed by atoms with Gasteiger partial charge in [0.1, 0.15) is 28.4 Å². The Morgan fingerprint density at radius 2 is 1.90 bits per heavy atom. The molecule has 0 amide bonds. The summed E-state index contributed by atoms with van der Waals surface area (Å²) in [6.07, 6.45) is 3.43. The van der Waals surface area contributed by atoms with Crippen molar-refractivity contribution in [1.82, 2.24) is 9.62 Å². The lowest BCUT2D eigenvalue weighted by atomic mass is 9.92. The van der Waals surface area contributed by atoms with Gasteiger partial charge in [-0.25, -0.2) is 17.2 Å². The largest absolute Gasteiger partial charge is 0.486 e. The van der Waals surface area contributed by atoms with Gasteiger partial charge in [-0.15, -0.1) is 0 Å². The Labute approximate surface area is 237 Å². The maximum Gasteiger partial charge on any atom is 0.324 e. The summed E-state index contributed by atoms with van der Waals surface area (Å²) >= 11 is 0. The third-order valence-corrected chi connectivity index (χ3v) is 9.76. The number of sulfonamides is 1. The van der Waals surface area contributed by atoms with E-state index < -0.39 is 33.6 Å². The van der Waals surface area contributed by atoms with Crippen molar-refractivity contribution in [2.75, 3.05) is 19.7 Å². The molecule has 40 heavy (non-hydrogen) atoms. The van der Waals surface area contributed by atoms with Gasteiger partial charge in [-0.2, -0.15) is 4.31 Å². The lowest BCUT2D eigenvalue weighted by Crippen LogP contribution is -2.43. The van der Waals surface area contributed by atoms with Crippen molar-refractivity contribution in [3.8, 4) is 5.75 Å². The van der Waals surface area contributed by atoms with Crippen LogP contribution in [0.5, 0.6) is 5.75 Å². The lowest BCUT2D eigenvalue weighted by molar-refractivity contribution is -0.158. The van der Waals surface area contributed by atoms with Crippen molar-refractivity contribution >= 4 is 16.0 Å². The summed E-state index contributed by atoms with van der Waals surface area (Å²) in [6.45, 7) is 8.61. The second kappa shape index (κ2) is 12.6. The van der Waals surface area contributed by atoms with E-state index in [1.165, 1.54) is 4.31 Å². The third kappa shape index (κ3) is 7.92. The summed E-state index contributed by atoms with van der Waals surface area (Å²) in [5, 5.41) is 3.39. The number of carbonyl (C=O) groups is 1. The Morgan fingerprint density at radius 3 is 2.60 bits per heavy atom. The minimum absolute atomic E-state index is 0.0370. The zero-order chi connectivity index (χ0) is 29.1. The summed E-state index contributed by atoms with van der Waals surface area (Å²) in [5.74, 6) is -2.81. The summed E-state index contributed by atoms with van der Waals surface area (Å²) in [6, 6.07) is 4.25. The normalized spacial score (nSPS) is 26.2. The van der Waals surface area contributed by atoms with Crippen molar-refractivity contribution in [2.45, 2.75) is 126 Å². The van der Waals surface area contributed by atoms with Crippen molar-refractivity contribution < 1.29 is 36.2 Å². The molecule has 1 N–H and O–H groups in total. The molecule has 0 bridgehead atoms. The van der Waals surface area contributed by atoms with Gasteiger partial charge >= 0.3 is 5.97 Å². The highest BCUT2D eigenvalue weighted by molar-refractivity contribution is 7.89. The molecule has 11 heteroatoms. The van der Waals surface area contributed by atoms with Gasteiger partial charge in [-0.3, -0.25) is 4.79 Å². The maximum absolute atomic E-state index is 13.9. The predicted molar refractivity (Wildman–Crippen MR) is 147 cm³/mol. The number of ether oxygens (including phenoxy) is 3. The van der Waals surface area contributed by atoms with Crippen LogP contribution >= 0.6 is 0 Å². The van der Waals surface area contributed by atoms with E-state index in [0.717, 1.165) is 12.0 Å². The van der Waals surface area contributed by atoms with E-state index in [9.17, 15) is 22.0 Å². The van der Waals surface area contributed by atoms with Crippen molar-refractivity contribution in [1.29, 1.82) is 0 Å². The fourth-order valence-electron chi connectivity index (χ4n) is 5.73. The van der Waals surface area contributed by atoms with E-state index in [2.05, 4.69) is 5.32 Å². The van der Waals surface area contributed by atoms with Gasteiger partial charge in [-0.05, 0) is 90.5 Å². The average molecular weight is 587 g/mol. The standard InChI is InChI=1S/C29H44F2N2O6S/c1-20-9-10-26(40(35,36)33-17-6-7-22(33)27(34)39-28(2,3)4)25(19-20)38-24-13-18-37-23(24)8-5-16-32-21-11-14-29(30,31)15-12-21/h9-10,19,21-24,32H,5-8,11-18H2,1-4H3/t22-,23-,24-/m0/s1. The fraction of sp³-hybridized carbons (Fsp3) is 0.759. The summed E-state index contributed by atoms with van der Waals surface area (Å²) in [5.41, 5.74) is 0.141. The highest BCUT2D eigenvalue weighted by atomic mass is 32.2. The first-order valence-electron chi connectivity index (χ1n) is 14.5. The molecule has 3 aliphatic rings. The molecule has 2 aliphatic heterocycles. The molecule has 0 spiro atoms. The van der Waals surface area contributed by atoms with E-state index in [0.29, 0.717) is 51.7 Å². The van der Waals surface area contributed by atoms with Gasteiger partial charge < -0.3 is 19.5 Å². The average Bonchev–Trinajstić information content (AvgIpc) is 3.52. The molecule has 0 radical (unpaired) electrons. The first-order valence-corrected chi connectivity index (χ1v) is 15.9. The number of nitrogens with zero attached hydrogens (tertiary/aromatic N) is 1. The molecule has 0 unspecified atom stereocenters. The van der Waals surface area contributed by atoms with Crippen LogP contribution in [0.25, 0.3) is 0 Å². The Kier molecular flexibility index (Phi) is 9.79. The van der Waals surface area contributed by atoms with Crippen LogP contribution in [0.4, 0.5) is 8.78 Å². The highest BCUT2D eigenvalue weighted by Crippen LogP contribution is 2.36. The van der Waals surface area contributed by atoms with Crippen LogP contribution in [0.15, 0.2) is 23.1 Å². The van der Waals surface area contributed by atoms with E-state index in [1.807, 2.05) is 6.92 Å². The topological polar surface area (TPSA) is 94.2 Å². The van der Waals surface area contributed by atoms with Gasteiger partial charge in [0.05, 0.1) is 12.7 Å². The minimum Gasteiger partial charge on any atom is -0.486 e. The molecule has 1 saturated carbocycles. The van der Waals surface area contributed by atoms with E-state index in [4.69, 9.17) is 14.2 Å². The number of esters is 1. The SMILES string of the molecule is Cc1ccc(S(=O)(=O)N2CCC[C@H]2C(=O)OC(C)(C)C)c(O[C@H]2CCO[C@H]2CCCNC2CCC(F)(F)CC2)c1. The van der Waals surface area contributed by atoms with Gasteiger partial charge in [0, 0.05) is 31.8 Å². The Balaban J connectivity index is 1.40. The smallest absolute Gasteiger partial charge is 0.324 e. The van der Waals surface area contributed by atoms with Crippen LogP contribution in [-0.2, 0) is 24.3 Å². The number of alkyl halides is 2. The molecule has 3 fully saturated rings. The van der Waals surface area contributed by atoms with Gasteiger partial charge in [0.2, 0.25) is 15.9 Å². The van der Waals surface area contributed by atoms with Crippen LogP contribution in [0.3, 0.4) is 0 Å². The molecule has 4 rings (SSSR count). The number of benzene rings is 1. The molecule has 0 aromatic heterocycles. The first kappa shape index (κ1) is 31.1. The van der Waals surface area contributed by atoms with Crippen molar-refractivity contribution in [2.24, 2.45) is 0 Å². The van der Waals surface area contributed by atoms with Gasteiger partial charge in [0.15, 0.2) is 0 Å². The lowest BCUT2D eigenvalue weighted by Gasteiger charge is -2.29. The minimum atomic E-state index is -4.03. The number of nitrogens with one attached hydrogen (secondary N) is 1. The zero-order valence-corrected chi connectivity index (χ0v) is 24.9. The van der Waals surface area contributed by atoms with Crippen LogP contribution < -0.4 is 10.1 Å². The molecule has 1 aromatic carbocycles. The van der Waals surface area contributed by atoms with Crippen LogP contribution in [0, 0.1) is 6.92 Å². The van der Waals surface area contributed by atoms with Crippen molar-refractivity contribution in [3.05, 3.63) is 23.8 Å². The van der Waals surface area contributed by atoms with Gasteiger partial charge in [-0.1, -0.05) is 6.07 Å². The summed E-state index contributed by atoms with van der Waals surface area (Å²) < 4.78 is 73.6.